The summed E-state index contributed by atoms with van der Waals surface area (Å²) in [4.78, 5) is 4.41. The fourth-order valence-corrected chi connectivity index (χ4v) is 2.32. The van der Waals surface area contributed by atoms with Crippen molar-refractivity contribution in [2.75, 3.05) is 10.6 Å². The van der Waals surface area contributed by atoms with Gasteiger partial charge < -0.3 is 10.6 Å². The molecule has 118 valence electrons. The average Bonchev–Trinajstić information content (AvgIpc) is 2.63. The number of hydrogen-bond acceptors (Lipinski definition) is 6. The van der Waals surface area contributed by atoms with E-state index in [-0.39, 0.29) is 0 Å². The van der Waals surface area contributed by atoms with Gasteiger partial charge in [-0.3, -0.25) is 0 Å². The number of aryl methyl sites for hydroxylation is 1. The Morgan fingerprint density at radius 3 is 2.54 bits per heavy atom. The predicted octanol–water partition coefficient (Wildman–Crippen LogP) is 3.79. The van der Waals surface area contributed by atoms with E-state index >= 15 is 0 Å². The fraction of sp³-hybridized carbons (Fsp3) is 0.111. The predicted molar refractivity (Wildman–Crippen MR) is 93.4 cm³/mol. The third-order valence-electron chi connectivity index (χ3n) is 3.51. The molecule has 0 saturated heterocycles. The molecule has 0 aliphatic carbocycles. The monoisotopic (exact) mass is 316 g/mol. The van der Waals surface area contributed by atoms with Gasteiger partial charge in [0, 0.05) is 5.69 Å². The minimum Gasteiger partial charge on any atom is -0.339 e. The molecule has 24 heavy (non-hydrogen) atoms. The highest BCUT2D eigenvalue weighted by atomic mass is 15.3. The maximum Gasteiger partial charge on any atom is 0.249 e. The van der Waals surface area contributed by atoms with Crippen LogP contribution < -0.4 is 10.6 Å². The van der Waals surface area contributed by atoms with Gasteiger partial charge in [0.15, 0.2) is 5.82 Å². The van der Waals surface area contributed by atoms with E-state index in [0.29, 0.717) is 23.0 Å². The van der Waals surface area contributed by atoms with Crippen LogP contribution in [0.25, 0.3) is 0 Å². The Labute approximate surface area is 140 Å². The summed E-state index contributed by atoms with van der Waals surface area (Å²) in [5, 5.41) is 23.4. The number of nitrogens with one attached hydrogen (secondary N) is 2. The normalized spacial score (nSPS) is 10.0. The Hall–Kier alpha value is -3.46. The highest BCUT2D eigenvalue weighted by Crippen LogP contribution is 2.21. The van der Waals surface area contributed by atoms with Gasteiger partial charge in [-0.1, -0.05) is 37.3 Å². The van der Waals surface area contributed by atoms with Crippen molar-refractivity contribution in [3.8, 4) is 6.07 Å². The smallest absolute Gasteiger partial charge is 0.249 e. The minimum absolute atomic E-state index is 0.330. The summed E-state index contributed by atoms with van der Waals surface area (Å²) in [7, 11) is 0. The van der Waals surface area contributed by atoms with Gasteiger partial charge in [-0.25, -0.2) is 0 Å². The van der Waals surface area contributed by atoms with Gasteiger partial charge >= 0.3 is 0 Å². The Morgan fingerprint density at radius 2 is 1.75 bits per heavy atom. The molecule has 2 N–H and O–H groups in total. The fourth-order valence-electron chi connectivity index (χ4n) is 2.32. The molecule has 3 aromatic rings. The lowest BCUT2D eigenvalue weighted by Gasteiger charge is -2.11. The van der Waals surface area contributed by atoms with Crippen LogP contribution in [0, 0.1) is 11.3 Å². The highest BCUT2D eigenvalue weighted by molar-refractivity contribution is 5.64. The largest absolute Gasteiger partial charge is 0.339 e. The molecular formula is C18H16N6. The molecule has 6 nitrogen and oxygen atoms in total. The van der Waals surface area contributed by atoms with Gasteiger partial charge in [-0.2, -0.15) is 15.3 Å². The Bertz CT molecular complexity index is 884. The standard InChI is InChI=1S/C18H16N6/c1-2-13-7-3-5-9-15(13)21-17-12-20-24-18(23-17)22-16-10-6-4-8-14(16)11-19/h3-10,12H,2H2,1H3,(H2,21,22,23,24). The molecular weight excluding hydrogens is 300 g/mol. The van der Waals surface area contributed by atoms with E-state index in [1.807, 2.05) is 30.3 Å². The molecule has 0 aliphatic heterocycles. The summed E-state index contributed by atoms with van der Waals surface area (Å²) in [6.07, 6.45) is 2.48. The van der Waals surface area contributed by atoms with Crippen LogP contribution in [0.2, 0.25) is 0 Å². The van der Waals surface area contributed by atoms with Gasteiger partial charge in [0.25, 0.3) is 0 Å². The Kier molecular flexibility index (Phi) is 4.63. The minimum atomic E-state index is 0.330. The molecule has 0 radical (unpaired) electrons. The lowest BCUT2D eigenvalue weighted by Crippen LogP contribution is -2.04. The van der Waals surface area contributed by atoms with Crippen LogP contribution in [0.15, 0.2) is 54.7 Å². The van der Waals surface area contributed by atoms with Crippen molar-refractivity contribution >= 4 is 23.1 Å². The van der Waals surface area contributed by atoms with Crippen LogP contribution in [0.1, 0.15) is 18.1 Å². The Balaban J connectivity index is 1.83. The van der Waals surface area contributed by atoms with Crippen LogP contribution in [0.4, 0.5) is 23.1 Å². The summed E-state index contributed by atoms with van der Waals surface area (Å²) in [6.45, 7) is 2.10. The van der Waals surface area contributed by atoms with Gasteiger partial charge in [0.1, 0.15) is 6.07 Å². The summed E-state index contributed by atoms with van der Waals surface area (Å²) in [5.41, 5.74) is 3.35. The van der Waals surface area contributed by atoms with Crippen molar-refractivity contribution in [3.63, 3.8) is 0 Å². The number of aromatic nitrogens is 3. The number of nitrogens with zero attached hydrogens (tertiary/aromatic N) is 4. The van der Waals surface area contributed by atoms with Crippen LogP contribution >= 0.6 is 0 Å². The first kappa shape index (κ1) is 15.4. The average molecular weight is 316 g/mol. The lowest BCUT2D eigenvalue weighted by molar-refractivity contribution is 0.981. The maximum absolute atomic E-state index is 9.14. The summed E-state index contributed by atoms with van der Waals surface area (Å²) < 4.78 is 0. The van der Waals surface area contributed by atoms with E-state index < -0.39 is 0 Å². The molecule has 0 unspecified atom stereocenters. The summed E-state index contributed by atoms with van der Waals surface area (Å²) in [6, 6.07) is 17.4. The topological polar surface area (TPSA) is 86.5 Å². The molecule has 6 heteroatoms. The van der Waals surface area contributed by atoms with Crippen LogP contribution in [-0.4, -0.2) is 15.2 Å². The van der Waals surface area contributed by atoms with E-state index in [1.54, 1.807) is 18.3 Å². The number of rotatable bonds is 5. The van der Waals surface area contributed by atoms with Crippen LogP contribution in [-0.2, 0) is 6.42 Å². The van der Waals surface area contributed by atoms with Crippen molar-refractivity contribution in [2.45, 2.75) is 13.3 Å². The van der Waals surface area contributed by atoms with Gasteiger partial charge in [0.2, 0.25) is 5.95 Å². The molecule has 3 rings (SSSR count). The SMILES string of the molecule is CCc1ccccc1Nc1cnnc(Nc2ccccc2C#N)n1. The number of para-hydroxylation sites is 2. The molecule has 1 aromatic heterocycles. The zero-order valence-electron chi connectivity index (χ0n) is 13.2. The molecule has 0 fully saturated rings. The molecule has 0 saturated carbocycles. The highest BCUT2D eigenvalue weighted by Gasteiger charge is 2.06. The first-order valence-electron chi connectivity index (χ1n) is 7.61. The zero-order valence-corrected chi connectivity index (χ0v) is 13.2. The van der Waals surface area contributed by atoms with Gasteiger partial charge in [0.05, 0.1) is 17.4 Å². The summed E-state index contributed by atoms with van der Waals surface area (Å²) in [5.74, 6) is 0.916. The quantitative estimate of drug-likeness (QED) is 0.744. The van der Waals surface area contributed by atoms with E-state index in [1.165, 1.54) is 5.56 Å². The molecule has 0 bridgehead atoms. The molecule has 0 spiro atoms. The third kappa shape index (κ3) is 3.47. The maximum atomic E-state index is 9.14. The van der Waals surface area contributed by atoms with Crippen molar-refractivity contribution in [2.24, 2.45) is 0 Å². The molecule has 2 aromatic carbocycles. The second-order valence-electron chi connectivity index (χ2n) is 5.08. The first-order chi connectivity index (χ1) is 11.8. The van der Waals surface area contributed by atoms with Crippen molar-refractivity contribution in [1.29, 1.82) is 5.26 Å². The number of anilines is 4. The van der Waals surface area contributed by atoms with E-state index in [2.05, 4.69) is 44.9 Å². The Morgan fingerprint density at radius 1 is 1.00 bits per heavy atom. The number of nitriles is 1. The molecule has 0 aliphatic rings. The second-order valence-corrected chi connectivity index (χ2v) is 5.08. The molecule has 0 amide bonds. The molecule has 0 atom stereocenters. The molecule has 1 heterocycles. The van der Waals surface area contributed by atoms with Crippen molar-refractivity contribution < 1.29 is 0 Å². The third-order valence-corrected chi connectivity index (χ3v) is 3.51. The van der Waals surface area contributed by atoms with E-state index in [9.17, 15) is 0 Å². The van der Waals surface area contributed by atoms with Gasteiger partial charge in [-0.05, 0) is 30.2 Å². The summed E-state index contributed by atoms with van der Waals surface area (Å²) >= 11 is 0. The first-order valence-corrected chi connectivity index (χ1v) is 7.61. The van der Waals surface area contributed by atoms with Crippen molar-refractivity contribution in [3.05, 3.63) is 65.9 Å². The number of hydrogen-bond donors (Lipinski definition) is 2. The van der Waals surface area contributed by atoms with Crippen molar-refractivity contribution in [1.82, 2.24) is 15.2 Å². The zero-order chi connectivity index (χ0) is 16.8. The van der Waals surface area contributed by atoms with Crippen LogP contribution in [0.3, 0.4) is 0 Å². The van der Waals surface area contributed by atoms with E-state index in [0.717, 1.165) is 12.1 Å². The van der Waals surface area contributed by atoms with Crippen LogP contribution in [0.5, 0.6) is 0 Å². The second kappa shape index (κ2) is 7.20. The lowest BCUT2D eigenvalue weighted by atomic mass is 10.1. The van der Waals surface area contributed by atoms with E-state index in [4.69, 9.17) is 5.26 Å². The number of benzene rings is 2. The van der Waals surface area contributed by atoms with Gasteiger partial charge in [-0.15, -0.1) is 5.10 Å².